The number of nitrogens with two attached hydrogens (primary N) is 1. The monoisotopic (exact) mass is 479 g/mol. The van der Waals surface area contributed by atoms with Crippen molar-refractivity contribution in [3.8, 4) is 11.1 Å². The molecule has 1 fully saturated rings. The predicted octanol–water partition coefficient (Wildman–Crippen LogP) is 3.97. The van der Waals surface area contributed by atoms with Crippen molar-refractivity contribution in [1.29, 1.82) is 5.41 Å². The normalized spacial score (nSPS) is 14.3. The zero-order valence-electron chi connectivity index (χ0n) is 20.5. The van der Waals surface area contributed by atoms with Crippen LogP contribution < -0.4 is 5.73 Å². The number of amides is 1. The Bertz CT molecular complexity index is 1060. The van der Waals surface area contributed by atoms with Crippen LogP contribution in [0.2, 0.25) is 0 Å². The standard InChI is InChI=1S/C27H33N3O5/c1-27(2,3)26(33)35-17-34-23(31)16-18-12-14-30(15-13-18)25(32)22-10-6-20(7-11-22)19-4-8-21(9-5-19)24(28)29/h4-11,18H,12-17H2,1-3H3,(H3,28,29). The summed E-state index contributed by atoms with van der Waals surface area (Å²) in [4.78, 5) is 38.5. The van der Waals surface area contributed by atoms with Crippen LogP contribution in [0.5, 0.6) is 0 Å². The quantitative estimate of drug-likeness (QED) is 0.268. The van der Waals surface area contributed by atoms with Crippen LogP contribution in [-0.2, 0) is 19.1 Å². The van der Waals surface area contributed by atoms with Crippen LogP contribution in [0, 0.1) is 16.7 Å². The Labute approximate surface area is 205 Å². The molecule has 0 bridgehead atoms. The SMILES string of the molecule is CC(C)(C)C(=O)OCOC(=O)CC1CCN(C(=O)c2ccc(-c3ccc(C(=N)N)cc3)cc2)CC1. The fraction of sp³-hybridized carbons (Fsp3) is 0.407. The highest BCUT2D eigenvalue weighted by Gasteiger charge is 2.26. The van der Waals surface area contributed by atoms with Gasteiger partial charge in [0.15, 0.2) is 0 Å². The summed E-state index contributed by atoms with van der Waals surface area (Å²) in [5.41, 5.74) is 8.10. The third kappa shape index (κ3) is 7.15. The Morgan fingerprint density at radius 2 is 1.43 bits per heavy atom. The summed E-state index contributed by atoms with van der Waals surface area (Å²) < 4.78 is 10.0. The van der Waals surface area contributed by atoms with Gasteiger partial charge in [-0.2, -0.15) is 0 Å². The molecule has 0 aromatic heterocycles. The predicted molar refractivity (Wildman–Crippen MR) is 133 cm³/mol. The van der Waals surface area contributed by atoms with Gasteiger partial charge in [-0.25, -0.2) is 0 Å². The van der Waals surface area contributed by atoms with Crippen LogP contribution in [-0.4, -0.2) is 48.5 Å². The summed E-state index contributed by atoms with van der Waals surface area (Å²) in [7, 11) is 0. The topological polar surface area (TPSA) is 123 Å². The van der Waals surface area contributed by atoms with E-state index in [4.69, 9.17) is 20.6 Å². The van der Waals surface area contributed by atoms with Crippen LogP contribution in [0.1, 0.15) is 56.0 Å². The number of carbonyl (C=O) groups is 3. The van der Waals surface area contributed by atoms with E-state index in [0.717, 1.165) is 11.1 Å². The highest BCUT2D eigenvalue weighted by atomic mass is 16.7. The van der Waals surface area contributed by atoms with Gasteiger partial charge in [0.25, 0.3) is 5.91 Å². The summed E-state index contributed by atoms with van der Waals surface area (Å²) in [5, 5.41) is 7.48. The summed E-state index contributed by atoms with van der Waals surface area (Å²) in [6.45, 7) is 5.97. The highest BCUT2D eigenvalue weighted by Crippen LogP contribution is 2.24. The third-order valence-electron chi connectivity index (χ3n) is 6.04. The van der Waals surface area contributed by atoms with Crippen LogP contribution in [0.3, 0.4) is 0 Å². The van der Waals surface area contributed by atoms with Gasteiger partial charge in [0, 0.05) is 30.6 Å². The molecule has 0 spiro atoms. The number of benzene rings is 2. The van der Waals surface area contributed by atoms with Crippen molar-refractivity contribution in [3.63, 3.8) is 0 Å². The fourth-order valence-electron chi connectivity index (χ4n) is 3.83. The zero-order chi connectivity index (χ0) is 25.6. The van der Waals surface area contributed by atoms with E-state index in [1.54, 1.807) is 32.9 Å². The van der Waals surface area contributed by atoms with Crippen molar-refractivity contribution in [1.82, 2.24) is 4.90 Å². The molecule has 0 radical (unpaired) electrons. The average Bonchev–Trinajstić information content (AvgIpc) is 2.83. The van der Waals surface area contributed by atoms with E-state index in [2.05, 4.69) is 0 Å². The van der Waals surface area contributed by atoms with Gasteiger partial charge in [-0.15, -0.1) is 0 Å². The van der Waals surface area contributed by atoms with E-state index in [-0.39, 0.29) is 30.9 Å². The first-order chi connectivity index (χ1) is 16.5. The molecule has 1 saturated heterocycles. The van der Waals surface area contributed by atoms with Crippen LogP contribution in [0.15, 0.2) is 48.5 Å². The van der Waals surface area contributed by atoms with Crippen LogP contribution >= 0.6 is 0 Å². The van der Waals surface area contributed by atoms with E-state index in [1.165, 1.54) is 0 Å². The summed E-state index contributed by atoms with van der Waals surface area (Å²) in [5.74, 6) is -0.692. The second kappa shape index (κ2) is 11.2. The van der Waals surface area contributed by atoms with E-state index >= 15 is 0 Å². The second-order valence-corrected chi connectivity index (χ2v) is 9.82. The van der Waals surface area contributed by atoms with Crippen molar-refractivity contribution < 1.29 is 23.9 Å². The molecule has 1 heterocycles. The number of likely N-dealkylation sites (tertiary alicyclic amines) is 1. The lowest BCUT2D eigenvalue weighted by atomic mass is 9.93. The third-order valence-corrected chi connectivity index (χ3v) is 6.04. The molecule has 2 aromatic carbocycles. The van der Waals surface area contributed by atoms with Gasteiger partial charge < -0.3 is 20.1 Å². The maximum absolute atomic E-state index is 12.9. The van der Waals surface area contributed by atoms with E-state index in [1.807, 2.05) is 41.3 Å². The Balaban J connectivity index is 1.45. The largest absolute Gasteiger partial charge is 0.428 e. The smallest absolute Gasteiger partial charge is 0.314 e. The maximum atomic E-state index is 12.9. The van der Waals surface area contributed by atoms with Gasteiger partial charge in [0.05, 0.1) is 5.41 Å². The van der Waals surface area contributed by atoms with E-state index in [9.17, 15) is 14.4 Å². The molecule has 0 unspecified atom stereocenters. The number of carbonyl (C=O) groups excluding carboxylic acids is 3. The van der Waals surface area contributed by atoms with E-state index < -0.39 is 17.4 Å². The lowest BCUT2D eigenvalue weighted by Crippen LogP contribution is -2.39. The molecule has 0 atom stereocenters. The Morgan fingerprint density at radius 3 is 1.91 bits per heavy atom. The first-order valence-corrected chi connectivity index (χ1v) is 11.7. The number of nitrogens with one attached hydrogen (secondary N) is 1. The molecule has 0 saturated carbocycles. The number of hydrogen-bond acceptors (Lipinski definition) is 6. The van der Waals surface area contributed by atoms with Crippen molar-refractivity contribution in [2.24, 2.45) is 17.1 Å². The Hall–Kier alpha value is -3.68. The number of nitrogens with zero attached hydrogens (tertiary/aromatic N) is 1. The van der Waals surface area contributed by atoms with Crippen LogP contribution in [0.4, 0.5) is 0 Å². The highest BCUT2D eigenvalue weighted by molar-refractivity contribution is 5.96. The van der Waals surface area contributed by atoms with Crippen molar-refractivity contribution in [2.75, 3.05) is 19.9 Å². The molecule has 8 nitrogen and oxygen atoms in total. The summed E-state index contributed by atoms with van der Waals surface area (Å²) >= 11 is 0. The molecule has 8 heteroatoms. The van der Waals surface area contributed by atoms with Crippen molar-refractivity contribution in [3.05, 3.63) is 59.7 Å². The molecule has 3 N–H and O–H groups in total. The second-order valence-electron chi connectivity index (χ2n) is 9.82. The molecular formula is C27H33N3O5. The van der Waals surface area contributed by atoms with Gasteiger partial charge >= 0.3 is 11.9 Å². The summed E-state index contributed by atoms with van der Waals surface area (Å²) in [6, 6.07) is 14.9. The fourth-order valence-corrected chi connectivity index (χ4v) is 3.83. The zero-order valence-corrected chi connectivity index (χ0v) is 20.5. The molecular weight excluding hydrogens is 446 g/mol. The number of esters is 2. The van der Waals surface area contributed by atoms with Crippen molar-refractivity contribution >= 4 is 23.7 Å². The minimum absolute atomic E-state index is 0.0276. The minimum Gasteiger partial charge on any atom is -0.428 e. The molecule has 186 valence electrons. The lowest BCUT2D eigenvalue weighted by Gasteiger charge is -2.31. The van der Waals surface area contributed by atoms with E-state index in [0.29, 0.717) is 37.1 Å². The van der Waals surface area contributed by atoms with Gasteiger partial charge in [0.2, 0.25) is 6.79 Å². The Kier molecular flexibility index (Phi) is 8.27. The molecule has 1 amide bonds. The molecule has 35 heavy (non-hydrogen) atoms. The number of hydrogen-bond donors (Lipinski definition) is 2. The molecule has 3 rings (SSSR count). The first kappa shape index (κ1) is 25.9. The van der Waals surface area contributed by atoms with Gasteiger partial charge in [-0.05, 0) is 62.8 Å². The molecule has 1 aliphatic heterocycles. The van der Waals surface area contributed by atoms with Crippen molar-refractivity contribution in [2.45, 2.75) is 40.0 Å². The molecule has 1 aliphatic rings. The lowest BCUT2D eigenvalue weighted by molar-refractivity contribution is -0.173. The number of piperidine rings is 1. The van der Waals surface area contributed by atoms with Gasteiger partial charge in [-0.1, -0.05) is 36.4 Å². The first-order valence-electron chi connectivity index (χ1n) is 11.7. The average molecular weight is 480 g/mol. The van der Waals surface area contributed by atoms with Crippen LogP contribution in [0.25, 0.3) is 11.1 Å². The van der Waals surface area contributed by atoms with Gasteiger partial charge in [-0.3, -0.25) is 19.8 Å². The minimum atomic E-state index is -0.645. The van der Waals surface area contributed by atoms with Gasteiger partial charge in [0.1, 0.15) is 5.84 Å². The number of ether oxygens (including phenoxy) is 2. The molecule has 0 aliphatic carbocycles. The Morgan fingerprint density at radius 1 is 0.914 bits per heavy atom. The molecule has 2 aromatic rings. The number of amidine groups is 1. The summed E-state index contributed by atoms with van der Waals surface area (Å²) in [6.07, 6.45) is 1.67. The number of nitrogen functional groups attached to an aromatic ring is 1. The maximum Gasteiger partial charge on any atom is 0.314 e. The number of rotatable bonds is 7.